The fraction of sp³-hybridized carbons (Fsp3) is 0.414. The Morgan fingerprint density at radius 3 is 2.68 bits per heavy atom. The number of carbonyl (C=O) groups excluding carboxylic acids is 1. The molecule has 1 aromatic heterocycles. The van der Waals surface area contributed by atoms with Gasteiger partial charge in [0.2, 0.25) is 5.60 Å². The van der Waals surface area contributed by atoms with Crippen molar-refractivity contribution in [2.45, 2.75) is 68.8 Å². The zero-order chi connectivity index (χ0) is 31.5. The van der Waals surface area contributed by atoms with Gasteiger partial charge in [-0.1, -0.05) is 36.4 Å². The highest BCUT2D eigenvalue weighted by Gasteiger charge is 2.56. The van der Waals surface area contributed by atoms with Crippen molar-refractivity contribution in [2.75, 3.05) is 6.61 Å². The maximum atomic E-state index is 14.3. The van der Waals surface area contributed by atoms with Crippen LogP contribution in [0.15, 0.2) is 64.3 Å². The lowest BCUT2D eigenvalue weighted by Gasteiger charge is -2.26. The van der Waals surface area contributed by atoms with E-state index in [0.717, 1.165) is 47.9 Å². The minimum absolute atomic E-state index is 0.186. The van der Waals surface area contributed by atoms with Crippen LogP contribution in [0.4, 0.5) is 0 Å². The molecule has 2 aromatic carbocycles. The number of hydrogen-bond donors (Lipinski definition) is 4. The summed E-state index contributed by atoms with van der Waals surface area (Å²) in [6, 6.07) is 12.2. The third kappa shape index (κ3) is 6.77. The number of carbonyl (C=O) groups is 1. The normalized spacial score (nSPS) is 25.6. The Bertz CT molecular complexity index is 1740. The SMILES string of the molecule is C[C@H](NP(=O)(OC[C@H]1O[C@@H](n2ccc(=O)[nH]c2=O)[C@@](O)(C#CCl)[C@@H]1O)Oc1cccc2ccccc12)C(=O)OC1CCCC1. The molecule has 0 bridgehead atoms. The van der Waals surface area contributed by atoms with Crippen LogP contribution in [0.2, 0.25) is 0 Å². The van der Waals surface area contributed by atoms with E-state index in [1.165, 1.54) is 6.92 Å². The zero-order valence-electron chi connectivity index (χ0n) is 23.6. The second-order valence-electron chi connectivity index (χ2n) is 10.6. The summed E-state index contributed by atoms with van der Waals surface area (Å²) < 4.78 is 38.0. The number of H-pyrrole nitrogens is 1. The molecule has 5 rings (SSSR count). The van der Waals surface area contributed by atoms with Gasteiger partial charge in [0.15, 0.2) is 6.23 Å². The fourth-order valence-corrected chi connectivity index (χ4v) is 6.91. The van der Waals surface area contributed by atoms with E-state index in [-0.39, 0.29) is 11.9 Å². The number of rotatable bonds is 10. The third-order valence-corrected chi connectivity index (χ3v) is 9.23. The van der Waals surface area contributed by atoms with Crippen molar-refractivity contribution < 1.29 is 38.1 Å². The highest BCUT2D eigenvalue weighted by atomic mass is 35.5. The molecule has 2 aliphatic rings. The van der Waals surface area contributed by atoms with Gasteiger partial charge >= 0.3 is 19.4 Å². The summed E-state index contributed by atoms with van der Waals surface area (Å²) in [5, 5.41) is 28.3. The van der Waals surface area contributed by atoms with Crippen molar-refractivity contribution >= 4 is 36.1 Å². The van der Waals surface area contributed by atoms with Crippen LogP contribution in [0.3, 0.4) is 0 Å². The van der Waals surface area contributed by atoms with E-state index in [0.29, 0.717) is 5.39 Å². The van der Waals surface area contributed by atoms with Crippen LogP contribution in [0.25, 0.3) is 10.8 Å². The molecule has 44 heavy (non-hydrogen) atoms. The van der Waals surface area contributed by atoms with E-state index in [2.05, 4.69) is 11.0 Å². The number of fused-ring (bicyclic) bond motifs is 1. The molecular weight excluding hydrogens is 617 g/mol. The number of nitrogens with zero attached hydrogens (tertiary/aromatic N) is 1. The number of aliphatic hydroxyl groups is 2. The lowest BCUT2D eigenvalue weighted by atomic mass is 9.95. The van der Waals surface area contributed by atoms with Crippen molar-refractivity contribution in [2.24, 2.45) is 0 Å². The first-order valence-corrected chi connectivity index (χ1v) is 15.9. The highest BCUT2D eigenvalue weighted by molar-refractivity contribution is 7.52. The van der Waals surface area contributed by atoms with Crippen molar-refractivity contribution in [1.82, 2.24) is 14.6 Å². The standard InChI is InChI=1S/C29H31ClN3O10P/c1-18(26(36)41-20-9-3-4-10-20)32-44(39,43-22-12-6-8-19-7-2-5-11-21(19)22)40-17-23-25(35)29(38,14-15-30)27(42-23)33-16-13-24(34)31-28(33)37/h2,5-8,11-13,16,18,20,23,25,27,35,38H,3-4,9-10,17H2,1H3,(H,32,39)(H,31,34,37)/t18-,23+,25+,27+,29+,44?/m0/s1. The molecule has 1 saturated carbocycles. The number of esters is 1. The summed E-state index contributed by atoms with van der Waals surface area (Å²) in [6.45, 7) is 0.787. The van der Waals surface area contributed by atoms with E-state index < -0.39 is 61.7 Å². The van der Waals surface area contributed by atoms with Crippen LogP contribution in [-0.2, 0) is 23.4 Å². The molecule has 6 atom stereocenters. The molecule has 1 unspecified atom stereocenters. The molecule has 0 radical (unpaired) electrons. The first kappa shape index (κ1) is 31.9. The largest absolute Gasteiger partial charge is 0.461 e. The zero-order valence-corrected chi connectivity index (χ0v) is 25.2. The molecule has 4 N–H and O–H groups in total. The van der Waals surface area contributed by atoms with Crippen LogP contribution in [0.1, 0.15) is 38.8 Å². The number of aromatic amines is 1. The average molecular weight is 648 g/mol. The van der Waals surface area contributed by atoms with E-state index in [1.54, 1.807) is 24.3 Å². The summed E-state index contributed by atoms with van der Waals surface area (Å²) in [7, 11) is -4.45. The fourth-order valence-electron chi connectivity index (χ4n) is 5.23. The van der Waals surface area contributed by atoms with Gasteiger partial charge in [-0.3, -0.25) is 23.7 Å². The lowest BCUT2D eigenvalue weighted by molar-refractivity contribution is -0.150. The number of benzene rings is 2. The summed E-state index contributed by atoms with van der Waals surface area (Å²) in [4.78, 5) is 38.9. The molecule has 234 valence electrons. The number of nitrogens with one attached hydrogen (secondary N) is 2. The summed E-state index contributed by atoms with van der Waals surface area (Å²) in [5.41, 5.74) is -4.09. The first-order valence-electron chi connectivity index (χ1n) is 13.9. The molecule has 2 heterocycles. The van der Waals surface area contributed by atoms with Crippen LogP contribution < -0.4 is 20.9 Å². The van der Waals surface area contributed by atoms with Gasteiger partial charge in [0.1, 0.15) is 30.1 Å². The Hall–Kier alpha value is -3.47. The maximum absolute atomic E-state index is 14.3. The van der Waals surface area contributed by atoms with E-state index in [4.69, 9.17) is 30.1 Å². The van der Waals surface area contributed by atoms with Gasteiger partial charge in [0.25, 0.3) is 5.56 Å². The number of halogens is 1. The molecule has 15 heteroatoms. The van der Waals surface area contributed by atoms with Crippen molar-refractivity contribution in [1.29, 1.82) is 0 Å². The predicted octanol–water partition coefficient (Wildman–Crippen LogP) is 2.55. The van der Waals surface area contributed by atoms with E-state index in [9.17, 15) is 29.2 Å². The van der Waals surface area contributed by atoms with E-state index >= 15 is 0 Å². The smallest absolute Gasteiger partial charge is 0.459 e. The van der Waals surface area contributed by atoms with Gasteiger partial charge in [-0.2, -0.15) is 5.09 Å². The monoisotopic (exact) mass is 647 g/mol. The van der Waals surface area contributed by atoms with Crippen LogP contribution >= 0.6 is 19.3 Å². The topological polar surface area (TPSA) is 178 Å². The molecule has 1 aliphatic heterocycles. The molecule has 0 amide bonds. The highest BCUT2D eigenvalue weighted by Crippen LogP contribution is 2.48. The molecule has 1 aliphatic carbocycles. The quantitative estimate of drug-likeness (QED) is 0.144. The minimum atomic E-state index is -4.45. The molecular formula is C29H31ClN3O10P. The molecule has 3 aromatic rings. The Morgan fingerprint density at radius 1 is 1.23 bits per heavy atom. The first-order chi connectivity index (χ1) is 21.0. The Morgan fingerprint density at radius 2 is 1.95 bits per heavy atom. The van der Waals surface area contributed by atoms with Gasteiger partial charge in [0.05, 0.1) is 6.61 Å². The van der Waals surface area contributed by atoms with Crippen molar-refractivity contribution in [3.05, 3.63) is 75.6 Å². The van der Waals surface area contributed by atoms with Crippen molar-refractivity contribution in [3.8, 4) is 17.0 Å². The summed E-state index contributed by atoms with van der Waals surface area (Å²) >= 11 is 5.55. The van der Waals surface area contributed by atoms with Gasteiger partial charge < -0.3 is 24.2 Å². The second-order valence-corrected chi connectivity index (χ2v) is 12.5. The molecule has 13 nitrogen and oxygen atoms in total. The summed E-state index contributed by atoms with van der Waals surface area (Å²) in [6.07, 6.45) is -0.731. The maximum Gasteiger partial charge on any atom is 0.459 e. The lowest BCUT2D eigenvalue weighted by Crippen LogP contribution is -2.48. The van der Waals surface area contributed by atoms with Crippen LogP contribution in [-0.4, -0.2) is 62.3 Å². The van der Waals surface area contributed by atoms with Crippen molar-refractivity contribution in [3.63, 3.8) is 0 Å². The molecule has 1 saturated heterocycles. The minimum Gasteiger partial charge on any atom is -0.461 e. The molecule has 0 spiro atoms. The Balaban J connectivity index is 1.41. The number of hydrogen-bond acceptors (Lipinski definition) is 10. The van der Waals surface area contributed by atoms with Gasteiger partial charge in [-0.25, -0.2) is 9.36 Å². The second kappa shape index (κ2) is 13.3. The van der Waals surface area contributed by atoms with Crippen LogP contribution in [0, 0.1) is 11.3 Å². The Labute approximate surface area is 256 Å². The van der Waals surface area contributed by atoms with Gasteiger partial charge in [-0.05, 0) is 61.6 Å². The third-order valence-electron chi connectivity index (χ3n) is 7.50. The number of ether oxygens (including phenoxy) is 2. The van der Waals surface area contributed by atoms with Gasteiger partial charge in [-0.15, -0.1) is 0 Å². The molecule has 2 fully saturated rings. The van der Waals surface area contributed by atoms with Crippen LogP contribution in [0.5, 0.6) is 5.75 Å². The van der Waals surface area contributed by atoms with E-state index in [1.807, 2.05) is 28.6 Å². The summed E-state index contributed by atoms with van der Waals surface area (Å²) in [5.74, 6) is 1.78. The number of aromatic nitrogens is 2. The predicted molar refractivity (Wildman–Crippen MR) is 159 cm³/mol. The Kier molecular flexibility index (Phi) is 9.62. The number of aliphatic hydroxyl groups excluding tert-OH is 1. The van der Waals surface area contributed by atoms with Gasteiger partial charge in [0, 0.05) is 23.0 Å². The average Bonchev–Trinajstić information content (AvgIpc) is 3.58.